The van der Waals surface area contributed by atoms with Crippen LogP contribution in [0.4, 0.5) is 0 Å². The first-order valence-corrected chi connectivity index (χ1v) is 8.28. The Balaban J connectivity index is 2.26. The molecule has 1 aromatic carbocycles. The number of halogens is 1. The molecule has 0 heterocycles. The maximum Gasteiger partial charge on any atom is 0.108 e. The monoisotopic (exact) mass is 387 g/mol. The van der Waals surface area contributed by atoms with Crippen LogP contribution in [0.2, 0.25) is 0 Å². The van der Waals surface area contributed by atoms with Gasteiger partial charge < -0.3 is 14.8 Å². The van der Waals surface area contributed by atoms with Crippen LogP contribution in [0, 0.1) is 11.8 Å². The lowest BCUT2D eigenvalue weighted by Crippen LogP contribution is -2.11. The number of hydrogen-bond donors (Lipinski definition) is 1. The van der Waals surface area contributed by atoms with Crippen molar-refractivity contribution in [1.82, 2.24) is 5.32 Å². The maximum absolute atomic E-state index is 5.42. The molecule has 0 amide bonds. The van der Waals surface area contributed by atoms with Gasteiger partial charge in [0, 0.05) is 18.2 Å². The fourth-order valence-corrected chi connectivity index (χ4v) is 1.91. The highest BCUT2D eigenvalue weighted by Gasteiger charge is 2.00. The number of ether oxygens (including phenoxy) is 2. The van der Waals surface area contributed by atoms with Crippen LogP contribution in [0.5, 0.6) is 0 Å². The third-order valence-corrected chi connectivity index (χ3v) is 3.35. The van der Waals surface area contributed by atoms with Gasteiger partial charge in [0.1, 0.15) is 6.61 Å². The summed E-state index contributed by atoms with van der Waals surface area (Å²) in [7, 11) is 1.96. The topological polar surface area (TPSA) is 30.5 Å². The van der Waals surface area contributed by atoms with Crippen molar-refractivity contribution < 1.29 is 9.47 Å². The molecule has 1 unspecified atom stereocenters. The molecule has 1 N–H and O–H groups in total. The number of hydrogen-bond acceptors (Lipinski definition) is 3. The zero-order chi connectivity index (χ0) is 14.6. The number of benzene rings is 1. The molecule has 1 rings (SSSR count). The Bertz CT molecular complexity index is 422. The maximum atomic E-state index is 5.42. The number of rotatable bonds is 8. The van der Waals surface area contributed by atoms with Crippen molar-refractivity contribution in [3.05, 3.63) is 35.4 Å². The molecule has 1 aromatic rings. The molecule has 3 nitrogen and oxygen atoms in total. The smallest absolute Gasteiger partial charge is 0.108 e. The average Bonchev–Trinajstić information content (AvgIpc) is 2.50. The molecule has 20 heavy (non-hydrogen) atoms. The lowest BCUT2D eigenvalue weighted by molar-refractivity contribution is 0.120. The SMILES string of the molecule is CNC(C)c1ccc(C#CCOCCCOCI)cc1. The van der Waals surface area contributed by atoms with Gasteiger partial charge in [0.05, 0.1) is 11.2 Å². The highest BCUT2D eigenvalue weighted by molar-refractivity contribution is 14.1. The van der Waals surface area contributed by atoms with E-state index in [9.17, 15) is 0 Å². The van der Waals surface area contributed by atoms with E-state index in [0.717, 1.165) is 23.2 Å². The van der Waals surface area contributed by atoms with Gasteiger partial charge in [-0.25, -0.2) is 0 Å². The Morgan fingerprint density at radius 2 is 1.90 bits per heavy atom. The minimum Gasteiger partial charge on any atom is -0.371 e. The van der Waals surface area contributed by atoms with Gasteiger partial charge in [0.25, 0.3) is 0 Å². The Kier molecular flexibility index (Phi) is 9.67. The van der Waals surface area contributed by atoms with E-state index in [4.69, 9.17) is 9.47 Å². The lowest BCUT2D eigenvalue weighted by Gasteiger charge is -2.09. The van der Waals surface area contributed by atoms with E-state index in [-0.39, 0.29) is 0 Å². The van der Waals surface area contributed by atoms with E-state index in [2.05, 4.69) is 58.8 Å². The van der Waals surface area contributed by atoms with Crippen molar-refractivity contribution in [2.24, 2.45) is 0 Å². The van der Waals surface area contributed by atoms with Crippen LogP contribution in [0.15, 0.2) is 24.3 Å². The largest absolute Gasteiger partial charge is 0.371 e. The van der Waals surface area contributed by atoms with Crippen molar-refractivity contribution >= 4 is 22.6 Å². The van der Waals surface area contributed by atoms with E-state index in [1.807, 2.05) is 19.2 Å². The number of nitrogens with one attached hydrogen (secondary N) is 1. The average molecular weight is 387 g/mol. The predicted octanol–water partition coefficient (Wildman–Crippen LogP) is 3.13. The molecule has 0 aliphatic heterocycles. The summed E-state index contributed by atoms with van der Waals surface area (Å²) < 4.78 is 11.4. The zero-order valence-corrected chi connectivity index (χ0v) is 14.3. The first-order chi connectivity index (χ1) is 9.77. The van der Waals surface area contributed by atoms with Gasteiger partial charge >= 0.3 is 0 Å². The zero-order valence-electron chi connectivity index (χ0n) is 12.1. The second-order valence-corrected chi connectivity index (χ2v) is 4.98. The van der Waals surface area contributed by atoms with Crippen LogP contribution in [0.25, 0.3) is 0 Å². The van der Waals surface area contributed by atoms with E-state index in [1.54, 1.807) is 0 Å². The van der Waals surface area contributed by atoms with Crippen LogP contribution in [-0.4, -0.2) is 31.5 Å². The van der Waals surface area contributed by atoms with E-state index >= 15 is 0 Å². The molecule has 0 saturated carbocycles. The summed E-state index contributed by atoms with van der Waals surface area (Å²) in [6.07, 6.45) is 0.918. The molecule has 0 fully saturated rings. The van der Waals surface area contributed by atoms with Crippen LogP contribution in [0.1, 0.15) is 30.5 Å². The van der Waals surface area contributed by atoms with E-state index in [1.165, 1.54) is 5.56 Å². The molecule has 0 bridgehead atoms. The Morgan fingerprint density at radius 3 is 2.55 bits per heavy atom. The molecule has 0 radical (unpaired) electrons. The molecule has 0 saturated heterocycles. The second kappa shape index (κ2) is 11.1. The van der Waals surface area contributed by atoms with Crippen molar-refractivity contribution in [1.29, 1.82) is 0 Å². The predicted molar refractivity (Wildman–Crippen MR) is 91.1 cm³/mol. The first kappa shape index (κ1) is 17.4. The van der Waals surface area contributed by atoms with Crippen molar-refractivity contribution in [3.8, 4) is 11.8 Å². The molecule has 0 spiro atoms. The van der Waals surface area contributed by atoms with E-state index < -0.39 is 0 Å². The molecule has 4 heteroatoms. The third-order valence-electron chi connectivity index (χ3n) is 2.91. The van der Waals surface area contributed by atoms with Gasteiger partial charge in [0.15, 0.2) is 0 Å². The van der Waals surface area contributed by atoms with E-state index in [0.29, 0.717) is 19.3 Å². The number of alkyl halides is 1. The Morgan fingerprint density at radius 1 is 1.20 bits per heavy atom. The molecule has 0 aliphatic rings. The van der Waals surface area contributed by atoms with Crippen LogP contribution < -0.4 is 5.32 Å². The molecular formula is C16H22INO2. The summed E-state index contributed by atoms with van der Waals surface area (Å²) in [4.78, 5) is 0. The summed E-state index contributed by atoms with van der Waals surface area (Å²) in [6.45, 7) is 4.06. The summed E-state index contributed by atoms with van der Waals surface area (Å²) in [6, 6.07) is 8.67. The summed E-state index contributed by atoms with van der Waals surface area (Å²) >= 11 is 2.19. The fraction of sp³-hybridized carbons (Fsp3) is 0.500. The summed E-state index contributed by atoms with van der Waals surface area (Å²) in [5.74, 6) is 6.13. The fourth-order valence-electron chi connectivity index (χ4n) is 1.60. The van der Waals surface area contributed by atoms with Gasteiger partial charge in [-0.2, -0.15) is 0 Å². The lowest BCUT2D eigenvalue weighted by atomic mass is 10.1. The molecule has 0 aliphatic carbocycles. The van der Waals surface area contributed by atoms with Gasteiger partial charge in [0.2, 0.25) is 0 Å². The van der Waals surface area contributed by atoms with Crippen LogP contribution in [0.3, 0.4) is 0 Å². The minimum atomic E-state index is 0.366. The van der Waals surface area contributed by atoms with Crippen molar-refractivity contribution in [3.63, 3.8) is 0 Å². The third kappa shape index (κ3) is 7.25. The highest BCUT2D eigenvalue weighted by Crippen LogP contribution is 2.11. The van der Waals surface area contributed by atoms with Gasteiger partial charge in [-0.05, 0) is 38.1 Å². The quantitative estimate of drug-likeness (QED) is 0.322. The van der Waals surface area contributed by atoms with Gasteiger partial charge in [-0.3, -0.25) is 0 Å². The minimum absolute atomic E-state index is 0.366. The Labute approximate surface area is 135 Å². The second-order valence-electron chi connectivity index (χ2n) is 4.36. The van der Waals surface area contributed by atoms with Crippen LogP contribution in [-0.2, 0) is 9.47 Å². The van der Waals surface area contributed by atoms with Gasteiger partial charge in [-0.1, -0.05) is 46.6 Å². The van der Waals surface area contributed by atoms with Gasteiger partial charge in [-0.15, -0.1) is 0 Å². The molecule has 1 atom stereocenters. The Hall–Kier alpha value is -0.610. The van der Waals surface area contributed by atoms with Crippen LogP contribution >= 0.6 is 22.6 Å². The molecule has 110 valence electrons. The summed E-state index contributed by atoms with van der Waals surface area (Å²) in [5.41, 5.74) is 2.29. The summed E-state index contributed by atoms with van der Waals surface area (Å²) in [5, 5.41) is 3.21. The highest BCUT2D eigenvalue weighted by atomic mass is 127. The molecule has 0 aromatic heterocycles. The molecular weight excluding hydrogens is 365 g/mol. The normalized spacial score (nSPS) is 11.8. The first-order valence-electron chi connectivity index (χ1n) is 6.75. The van der Waals surface area contributed by atoms with Crippen molar-refractivity contribution in [2.45, 2.75) is 19.4 Å². The van der Waals surface area contributed by atoms with Crippen molar-refractivity contribution in [2.75, 3.05) is 31.5 Å². The standard InChI is InChI=1S/C16H22INO2/c1-14(18-2)16-8-6-15(7-9-16)5-3-10-19-11-4-12-20-13-17/h6-9,14,18H,4,10-13H2,1-2H3.